The summed E-state index contributed by atoms with van der Waals surface area (Å²) in [5.74, 6) is 0. The van der Waals surface area contributed by atoms with Crippen molar-refractivity contribution in [3.8, 4) is 0 Å². The monoisotopic (exact) mass is 356 g/mol. The molecule has 0 bridgehead atoms. The van der Waals surface area contributed by atoms with Crippen LogP contribution in [0.3, 0.4) is 0 Å². The minimum atomic E-state index is -0.241. The number of anilines is 1. The maximum absolute atomic E-state index is 11.9. The van der Waals surface area contributed by atoms with Gasteiger partial charge in [0.25, 0.3) is 0 Å². The van der Waals surface area contributed by atoms with Crippen molar-refractivity contribution in [2.45, 2.75) is 22.7 Å². The number of rotatable bonds is 5. The molecule has 5 nitrogen and oxygen atoms in total. The molecule has 0 aliphatic heterocycles. The van der Waals surface area contributed by atoms with Crippen LogP contribution in [0.1, 0.15) is 11.3 Å². The van der Waals surface area contributed by atoms with Gasteiger partial charge in [0.05, 0.1) is 0 Å². The van der Waals surface area contributed by atoms with Crippen molar-refractivity contribution in [2.75, 3.05) is 5.32 Å². The third kappa shape index (κ3) is 4.81. The molecule has 2 aromatic heterocycles. The van der Waals surface area contributed by atoms with E-state index >= 15 is 0 Å². The zero-order chi connectivity index (χ0) is 16.8. The maximum atomic E-state index is 11.9. The Bertz CT molecular complexity index is 803. The van der Waals surface area contributed by atoms with Gasteiger partial charge in [0, 0.05) is 40.6 Å². The largest absolute Gasteiger partial charge is 0.334 e. The lowest BCUT2D eigenvalue weighted by Gasteiger charge is -2.08. The second kappa shape index (κ2) is 7.94. The molecule has 3 aromatic rings. The molecule has 0 spiro atoms. The number of aryl methyl sites for hydroxylation is 1. The number of carbonyl (C=O) groups is 1. The third-order valence-corrected chi connectivity index (χ3v) is 5.16. The first-order valence-electron chi connectivity index (χ1n) is 7.33. The highest BCUT2D eigenvalue weighted by Crippen LogP contribution is 2.30. The number of thiazole rings is 1. The fourth-order valence-electron chi connectivity index (χ4n) is 1.95. The molecule has 3 rings (SSSR count). The van der Waals surface area contributed by atoms with Crippen molar-refractivity contribution in [3.05, 3.63) is 65.4 Å². The Morgan fingerprint density at radius 3 is 2.75 bits per heavy atom. The highest BCUT2D eigenvalue weighted by molar-refractivity contribution is 8.01. The van der Waals surface area contributed by atoms with E-state index in [0.29, 0.717) is 6.54 Å². The molecule has 7 heteroatoms. The average Bonchev–Trinajstić information content (AvgIpc) is 3.01. The van der Waals surface area contributed by atoms with Gasteiger partial charge in [0.2, 0.25) is 0 Å². The Balaban J connectivity index is 1.51. The van der Waals surface area contributed by atoms with Crippen molar-refractivity contribution < 1.29 is 4.79 Å². The molecule has 0 radical (unpaired) electrons. The number of pyridine rings is 1. The zero-order valence-corrected chi connectivity index (χ0v) is 14.7. The van der Waals surface area contributed by atoms with Gasteiger partial charge in [-0.25, -0.2) is 9.78 Å². The lowest BCUT2D eigenvalue weighted by Crippen LogP contribution is -2.28. The van der Waals surface area contributed by atoms with Gasteiger partial charge in [-0.3, -0.25) is 4.98 Å². The highest BCUT2D eigenvalue weighted by atomic mass is 32.2. The van der Waals surface area contributed by atoms with E-state index in [1.807, 2.05) is 48.7 Å². The van der Waals surface area contributed by atoms with Crippen molar-refractivity contribution in [2.24, 2.45) is 0 Å². The average molecular weight is 356 g/mol. The summed E-state index contributed by atoms with van der Waals surface area (Å²) in [6, 6.07) is 11.2. The first kappa shape index (κ1) is 16.5. The van der Waals surface area contributed by atoms with E-state index < -0.39 is 0 Å². The molecule has 0 atom stereocenters. The van der Waals surface area contributed by atoms with E-state index in [0.717, 1.165) is 26.2 Å². The fourth-order valence-corrected chi connectivity index (χ4v) is 3.76. The van der Waals surface area contributed by atoms with Crippen LogP contribution in [-0.2, 0) is 6.54 Å². The quantitative estimate of drug-likeness (QED) is 0.714. The molecule has 2 amide bonds. The van der Waals surface area contributed by atoms with E-state index in [1.165, 1.54) is 0 Å². The van der Waals surface area contributed by atoms with Gasteiger partial charge in [-0.1, -0.05) is 17.8 Å². The van der Waals surface area contributed by atoms with Gasteiger partial charge >= 0.3 is 6.03 Å². The standard InChI is InChI=1S/C17H16N4OS2/c1-12-11-23-17(20-12)24-15-6-4-14(5-7-15)21-16(22)19-10-13-3-2-8-18-9-13/h2-9,11H,10H2,1H3,(H2,19,21,22). The minimum absolute atomic E-state index is 0.241. The Morgan fingerprint density at radius 2 is 2.08 bits per heavy atom. The number of urea groups is 1. The van der Waals surface area contributed by atoms with E-state index in [9.17, 15) is 4.79 Å². The van der Waals surface area contributed by atoms with Gasteiger partial charge in [-0.15, -0.1) is 11.3 Å². The van der Waals surface area contributed by atoms with E-state index in [1.54, 1.807) is 35.5 Å². The molecule has 2 N–H and O–H groups in total. The van der Waals surface area contributed by atoms with Gasteiger partial charge < -0.3 is 10.6 Å². The molecular formula is C17H16N4OS2. The number of nitrogens with zero attached hydrogens (tertiary/aromatic N) is 2. The molecule has 0 saturated heterocycles. The first-order chi connectivity index (χ1) is 11.7. The van der Waals surface area contributed by atoms with Gasteiger partial charge in [-0.05, 0) is 42.8 Å². The minimum Gasteiger partial charge on any atom is -0.334 e. The number of nitrogens with one attached hydrogen (secondary N) is 2. The molecule has 0 aliphatic rings. The van der Waals surface area contributed by atoms with Crippen LogP contribution in [0.2, 0.25) is 0 Å². The summed E-state index contributed by atoms with van der Waals surface area (Å²) in [5.41, 5.74) is 2.74. The highest BCUT2D eigenvalue weighted by Gasteiger charge is 2.04. The van der Waals surface area contributed by atoms with Crippen LogP contribution < -0.4 is 10.6 Å². The van der Waals surface area contributed by atoms with Crippen molar-refractivity contribution >= 4 is 34.8 Å². The van der Waals surface area contributed by atoms with Crippen molar-refractivity contribution in [1.82, 2.24) is 15.3 Å². The summed E-state index contributed by atoms with van der Waals surface area (Å²) in [4.78, 5) is 21.4. The number of hydrogen-bond donors (Lipinski definition) is 2. The lowest BCUT2D eigenvalue weighted by atomic mass is 10.3. The second-order valence-electron chi connectivity index (χ2n) is 5.05. The van der Waals surface area contributed by atoms with Crippen molar-refractivity contribution in [3.63, 3.8) is 0 Å². The van der Waals surface area contributed by atoms with Crippen LogP contribution in [0.4, 0.5) is 10.5 Å². The van der Waals surface area contributed by atoms with E-state index in [2.05, 4.69) is 20.6 Å². The smallest absolute Gasteiger partial charge is 0.319 e. The lowest BCUT2D eigenvalue weighted by molar-refractivity contribution is 0.251. The number of aromatic nitrogens is 2. The molecule has 1 aromatic carbocycles. The molecule has 0 fully saturated rings. The molecule has 122 valence electrons. The normalized spacial score (nSPS) is 10.4. The summed E-state index contributed by atoms with van der Waals surface area (Å²) < 4.78 is 1.02. The van der Waals surface area contributed by atoms with Crippen LogP contribution >= 0.6 is 23.1 Å². The second-order valence-corrected chi connectivity index (χ2v) is 7.23. The first-order valence-corrected chi connectivity index (χ1v) is 9.02. The van der Waals surface area contributed by atoms with Crippen LogP contribution in [0.5, 0.6) is 0 Å². The predicted molar refractivity (Wildman–Crippen MR) is 97.5 cm³/mol. The molecule has 0 unspecified atom stereocenters. The predicted octanol–water partition coefficient (Wildman–Crippen LogP) is 4.32. The number of amides is 2. The molecule has 0 aliphatic carbocycles. The summed E-state index contributed by atoms with van der Waals surface area (Å²) in [5, 5.41) is 7.65. The Kier molecular flexibility index (Phi) is 5.45. The Morgan fingerprint density at radius 1 is 1.25 bits per heavy atom. The number of benzene rings is 1. The molecule has 0 saturated carbocycles. The summed E-state index contributed by atoms with van der Waals surface area (Å²) in [6.07, 6.45) is 3.43. The van der Waals surface area contributed by atoms with E-state index in [-0.39, 0.29) is 6.03 Å². The van der Waals surface area contributed by atoms with Crippen LogP contribution in [0, 0.1) is 6.92 Å². The van der Waals surface area contributed by atoms with Crippen LogP contribution in [0.25, 0.3) is 0 Å². The SMILES string of the molecule is Cc1csc(Sc2ccc(NC(=O)NCc3cccnc3)cc2)n1. The third-order valence-electron chi connectivity index (χ3n) is 3.09. The number of carbonyl (C=O) groups excluding carboxylic acids is 1. The maximum Gasteiger partial charge on any atom is 0.319 e. The topological polar surface area (TPSA) is 66.9 Å². The van der Waals surface area contributed by atoms with Gasteiger partial charge in [0.1, 0.15) is 0 Å². The van der Waals surface area contributed by atoms with Crippen molar-refractivity contribution in [1.29, 1.82) is 0 Å². The van der Waals surface area contributed by atoms with Crippen LogP contribution in [-0.4, -0.2) is 16.0 Å². The molecule has 2 heterocycles. The number of hydrogen-bond acceptors (Lipinski definition) is 5. The summed E-state index contributed by atoms with van der Waals surface area (Å²) >= 11 is 3.25. The Hall–Kier alpha value is -2.38. The van der Waals surface area contributed by atoms with Gasteiger partial charge in [-0.2, -0.15) is 0 Å². The summed E-state index contributed by atoms with van der Waals surface area (Å²) in [6.45, 7) is 2.43. The Labute approximate surface area is 148 Å². The molecular weight excluding hydrogens is 340 g/mol. The zero-order valence-electron chi connectivity index (χ0n) is 13.0. The summed E-state index contributed by atoms with van der Waals surface area (Å²) in [7, 11) is 0. The molecule has 24 heavy (non-hydrogen) atoms. The van der Waals surface area contributed by atoms with E-state index in [4.69, 9.17) is 0 Å². The fraction of sp³-hybridized carbons (Fsp3) is 0.118. The van der Waals surface area contributed by atoms with Gasteiger partial charge in [0.15, 0.2) is 4.34 Å². The van der Waals surface area contributed by atoms with Crippen LogP contribution in [0.15, 0.2) is 63.4 Å².